The molecule has 2 N–H and O–H groups in total. The van der Waals surface area contributed by atoms with E-state index in [1.54, 1.807) is 12.1 Å². The van der Waals surface area contributed by atoms with E-state index >= 15 is 0 Å². The van der Waals surface area contributed by atoms with Crippen molar-refractivity contribution in [2.24, 2.45) is 0 Å². The van der Waals surface area contributed by atoms with Crippen molar-refractivity contribution >= 4 is 10.0 Å². The number of benzene rings is 1. The van der Waals surface area contributed by atoms with E-state index in [1.807, 2.05) is 7.05 Å². The molecule has 0 aliphatic heterocycles. The van der Waals surface area contributed by atoms with E-state index in [0.29, 0.717) is 18.9 Å². The number of nitrogens with one attached hydrogen (secondary N) is 1. The molecule has 0 aromatic heterocycles. The molecule has 0 atom stereocenters. The zero-order valence-electron chi connectivity index (χ0n) is 12.2. The van der Waals surface area contributed by atoms with Gasteiger partial charge in [-0.1, -0.05) is 6.08 Å². The maximum Gasteiger partial charge on any atom is 0.243 e. The third-order valence-corrected chi connectivity index (χ3v) is 4.64. The first-order valence-corrected chi connectivity index (χ1v) is 8.09. The predicted octanol–water partition coefficient (Wildman–Crippen LogP) is 0.454. The van der Waals surface area contributed by atoms with Gasteiger partial charge in [0.25, 0.3) is 0 Å². The van der Waals surface area contributed by atoms with E-state index in [-0.39, 0.29) is 24.6 Å². The highest BCUT2D eigenvalue weighted by molar-refractivity contribution is 7.89. The van der Waals surface area contributed by atoms with Gasteiger partial charge in [0.05, 0.1) is 11.5 Å². The Morgan fingerprint density at radius 3 is 2.57 bits per heavy atom. The molecule has 0 bridgehead atoms. The van der Waals surface area contributed by atoms with Crippen LogP contribution in [0, 0.1) is 0 Å². The predicted molar refractivity (Wildman–Crippen MR) is 81.9 cm³/mol. The molecule has 1 aromatic carbocycles. The first-order valence-electron chi connectivity index (χ1n) is 6.65. The number of rotatable bonds is 10. The Kier molecular flexibility index (Phi) is 7.38. The second-order valence-corrected chi connectivity index (χ2v) is 6.24. The highest BCUT2D eigenvalue weighted by Gasteiger charge is 2.22. The standard InChI is InChI=1S/C14H22N2O4S/c1-3-9-16(10-11-17)21(18,19)14-6-4-13(5-7-14)20-12-8-15-2/h3-7,15,17H,1,8-12H2,2H3. The fourth-order valence-electron chi connectivity index (χ4n) is 1.69. The number of hydrogen-bond donors (Lipinski definition) is 2. The van der Waals surface area contributed by atoms with Gasteiger partial charge < -0.3 is 15.2 Å². The van der Waals surface area contributed by atoms with Gasteiger partial charge in [0.2, 0.25) is 10.0 Å². The summed E-state index contributed by atoms with van der Waals surface area (Å²) < 4.78 is 31.4. The number of sulfonamides is 1. The summed E-state index contributed by atoms with van der Waals surface area (Å²) in [5.41, 5.74) is 0. The molecule has 0 spiro atoms. The second kappa shape index (κ2) is 8.78. The zero-order valence-corrected chi connectivity index (χ0v) is 13.0. The van der Waals surface area contributed by atoms with E-state index in [4.69, 9.17) is 9.84 Å². The summed E-state index contributed by atoms with van der Waals surface area (Å²) in [5.74, 6) is 0.613. The Bertz CT molecular complexity index is 528. The van der Waals surface area contributed by atoms with E-state index in [0.717, 1.165) is 0 Å². The van der Waals surface area contributed by atoms with Crippen molar-refractivity contribution in [3.63, 3.8) is 0 Å². The van der Waals surface area contributed by atoms with Crippen molar-refractivity contribution in [1.82, 2.24) is 9.62 Å². The summed E-state index contributed by atoms with van der Waals surface area (Å²) in [6.07, 6.45) is 1.49. The van der Waals surface area contributed by atoms with E-state index in [1.165, 1.54) is 22.5 Å². The molecule has 0 radical (unpaired) electrons. The molecule has 21 heavy (non-hydrogen) atoms. The van der Waals surface area contributed by atoms with Gasteiger partial charge in [-0.3, -0.25) is 0 Å². The number of aliphatic hydroxyl groups is 1. The molecule has 0 fully saturated rings. The minimum atomic E-state index is -3.63. The number of nitrogens with zero attached hydrogens (tertiary/aromatic N) is 1. The SMILES string of the molecule is C=CCN(CCO)S(=O)(=O)c1ccc(OCCNC)cc1. The van der Waals surface area contributed by atoms with E-state index < -0.39 is 10.0 Å². The van der Waals surface area contributed by atoms with Crippen LogP contribution in [0.15, 0.2) is 41.8 Å². The third kappa shape index (κ3) is 5.13. The van der Waals surface area contributed by atoms with Gasteiger partial charge in [0.1, 0.15) is 12.4 Å². The number of ether oxygens (including phenoxy) is 1. The van der Waals surface area contributed by atoms with Gasteiger partial charge in [0, 0.05) is 19.6 Å². The molecule has 1 aromatic rings. The molecule has 1 rings (SSSR count). The van der Waals surface area contributed by atoms with Gasteiger partial charge in [-0.15, -0.1) is 6.58 Å². The molecule has 118 valence electrons. The van der Waals surface area contributed by atoms with Crippen molar-refractivity contribution in [1.29, 1.82) is 0 Å². The van der Waals surface area contributed by atoms with Crippen molar-refractivity contribution < 1.29 is 18.3 Å². The van der Waals surface area contributed by atoms with Gasteiger partial charge in [-0.2, -0.15) is 4.31 Å². The molecule has 0 heterocycles. The molecule has 0 aliphatic rings. The van der Waals surface area contributed by atoms with Crippen LogP contribution in [0.5, 0.6) is 5.75 Å². The first-order chi connectivity index (χ1) is 10.1. The minimum absolute atomic E-state index is 0.0365. The molecule has 0 unspecified atom stereocenters. The van der Waals surface area contributed by atoms with Crippen molar-refractivity contribution in [3.05, 3.63) is 36.9 Å². The van der Waals surface area contributed by atoms with Crippen LogP contribution in [0.2, 0.25) is 0 Å². The highest BCUT2D eigenvalue weighted by atomic mass is 32.2. The first kappa shape index (κ1) is 17.6. The van der Waals surface area contributed by atoms with Crippen LogP contribution in [0.3, 0.4) is 0 Å². The lowest BCUT2D eigenvalue weighted by Gasteiger charge is -2.19. The maximum absolute atomic E-state index is 12.4. The fourth-order valence-corrected chi connectivity index (χ4v) is 3.09. The summed E-state index contributed by atoms with van der Waals surface area (Å²) in [5, 5.41) is 11.9. The molecule has 0 aliphatic carbocycles. The normalized spacial score (nSPS) is 11.6. The van der Waals surface area contributed by atoms with Gasteiger partial charge in [0.15, 0.2) is 0 Å². The summed E-state index contributed by atoms with van der Waals surface area (Å²) in [6.45, 7) is 4.71. The number of aliphatic hydroxyl groups excluding tert-OH is 1. The Balaban J connectivity index is 2.85. The Labute approximate surface area is 126 Å². The largest absolute Gasteiger partial charge is 0.492 e. The van der Waals surface area contributed by atoms with Crippen LogP contribution < -0.4 is 10.1 Å². The van der Waals surface area contributed by atoms with Crippen molar-refractivity contribution in [2.75, 3.05) is 39.9 Å². The number of hydrogen-bond acceptors (Lipinski definition) is 5. The fraction of sp³-hybridized carbons (Fsp3) is 0.429. The molecule has 0 saturated heterocycles. The molecular formula is C14H22N2O4S. The Morgan fingerprint density at radius 2 is 2.05 bits per heavy atom. The van der Waals surface area contributed by atoms with Crippen molar-refractivity contribution in [3.8, 4) is 5.75 Å². The van der Waals surface area contributed by atoms with Crippen LogP contribution in [-0.2, 0) is 10.0 Å². The molecule has 0 saturated carbocycles. The second-order valence-electron chi connectivity index (χ2n) is 4.30. The number of likely N-dealkylation sites (N-methyl/N-ethyl adjacent to an activating group) is 1. The van der Waals surface area contributed by atoms with Gasteiger partial charge in [-0.25, -0.2) is 8.42 Å². The Hall–Kier alpha value is -1.41. The van der Waals surface area contributed by atoms with Crippen LogP contribution in [0.4, 0.5) is 0 Å². The van der Waals surface area contributed by atoms with Crippen LogP contribution in [-0.4, -0.2) is 57.7 Å². The summed E-state index contributed by atoms with van der Waals surface area (Å²) in [6, 6.07) is 6.23. The van der Waals surface area contributed by atoms with E-state index in [9.17, 15) is 8.42 Å². The van der Waals surface area contributed by atoms with Gasteiger partial charge >= 0.3 is 0 Å². The van der Waals surface area contributed by atoms with Gasteiger partial charge in [-0.05, 0) is 31.3 Å². The van der Waals surface area contributed by atoms with E-state index in [2.05, 4.69) is 11.9 Å². The topological polar surface area (TPSA) is 78.9 Å². The summed E-state index contributed by atoms with van der Waals surface area (Å²) >= 11 is 0. The summed E-state index contributed by atoms with van der Waals surface area (Å²) in [7, 11) is -1.81. The van der Waals surface area contributed by atoms with Crippen LogP contribution >= 0.6 is 0 Å². The quantitative estimate of drug-likeness (QED) is 0.484. The average Bonchev–Trinajstić information content (AvgIpc) is 2.48. The van der Waals surface area contributed by atoms with Crippen LogP contribution in [0.1, 0.15) is 0 Å². The zero-order chi connectivity index (χ0) is 15.7. The van der Waals surface area contributed by atoms with Crippen molar-refractivity contribution in [2.45, 2.75) is 4.90 Å². The summed E-state index contributed by atoms with van der Waals surface area (Å²) in [4.78, 5) is 0.166. The lowest BCUT2D eigenvalue weighted by Crippen LogP contribution is -2.33. The average molecular weight is 314 g/mol. The minimum Gasteiger partial charge on any atom is -0.492 e. The smallest absolute Gasteiger partial charge is 0.243 e. The molecule has 6 nitrogen and oxygen atoms in total. The highest BCUT2D eigenvalue weighted by Crippen LogP contribution is 2.19. The van der Waals surface area contributed by atoms with Crippen LogP contribution in [0.25, 0.3) is 0 Å². The lowest BCUT2D eigenvalue weighted by atomic mass is 10.3. The molecular weight excluding hydrogens is 292 g/mol. The third-order valence-electron chi connectivity index (χ3n) is 2.76. The Morgan fingerprint density at radius 1 is 1.38 bits per heavy atom. The maximum atomic E-state index is 12.4. The molecule has 7 heteroatoms. The monoisotopic (exact) mass is 314 g/mol. The molecule has 0 amide bonds. The lowest BCUT2D eigenvalue weighted by molar-refractivity contribution is 0.260.